The van der Waals surface area contributed by atoms with Gasteiger partial charge in [-0.25, -0.2) is 0 Å². The lowest BCUT2D eigenvalue weighted by atomic mass is 10.2. The Morgan fingerprint density at radius 2 is 1.96 bits per heavy atom. The van der Waals surface area contributed by atoms with Gasteiger partial charge in [-0.15, -0.1) is 0 Å². The standard InChI is InChI=1S/C18H26ClN5S/c1-3-23(4-2)11-5-10-20-18(25)22-17-12-21-24(14-17)13-15-6-8-16(19)9-7-15/h6-9,12,14H,3-5,10-11,13H2,1-2H3,(H2,20,22,25). The number of thiocarbonyl (C=S) groups is 1. The molecule has 0 saturated heterocycles. The molecule has 0 fully saturated rings. The van der Waals surface area contributed by atoms with Gasteiger partial charge in [0.1, 0.15) is 0 Å². The highest BCUT2D eigenvalue weighted by atomic mass is 35.5. The molecule has 1 heterocycles. The molecule has 1 aromatic heterocycles. The number of aromatic nitrogens is 2. The highest BCUT2D eigenvalue weighted by Crippen LogP contribution is 2.12. The van der Waals surface area contributed by atoms with E-state index in [1.165, 1.54) is 0 Å². The Balaban J connectivity index is 1.72. The van der Waals surface area contributed by atoms with Crippen LogP contribution in [0.2, 0.25) is 5.02 Å². The molecule has 2 N–H and O–H groups in total. The van der Waals surface area contributed by atoms with Gasteiger partial charge in [0.15, 0.2) is 5.11 Å². The fourth-order valence-corrected chi connectivity index (χ4v) is 2.86. The molecule has 136 valence electrons. The van der Waals surface area contributed by atoms with Gasteiger partial charge < -0.3 is 15.5 Å². The highest BCUT2D eigenvalue weighted by molar-refractivity contribution is 7.80. The summed E-state index contributed by atoms with van der Waals surface area (Å²) >= 11 is 11.2. The van der Waals surface area contributed by atoms with E-state index in [1.807, 2.05) is 35.1 Å². The maximum absolute atomic E-state index is 5.91. The molecule has 5 nitrogen and oxygen atoms in total. The van der Waals surface area contributed by atoms with Crippen LogP contribution in [0.25, 0.3) is 0 Å². The molecule has 0 radical (unpaired) electrons. The van der Waals surface area contributed by atoms with Crippen molar-refractivity contribution in [2.75, 3.05) is 31.5 Å². The molecular weight excluding hydrogens is 354 g/mol. The van der Waals surface area contributed by atoms with Crippen molar-refractivity contribution < 1.29 is 0 Å². The van der Waals surface area contributed by atoms with Crippen molar-refractivity contribution in [3.05, 3.63) is 47.2 Å². The second kappa shape index (κ2) is 10.4. The summed E-state index contributed by atoms with van der Waals surface area (Å²) in [6.45, 7) is 9.19. The predicted molar refractivity (Wildman–Crippen MR) is 109 cm³/mol. The topological polar surface area (TPSA) is 45.1 Å². The molecule has 0 aliphatic heterocycles. The monoisotopic (exact) mass is 379 g/mol. The van der Waals surface area contributed by atoms with Crippen molar-refractivity contribution in [2.24, 2.45) is 0 Å². The molecule has 0 atom stereocenters. The third kappa shape index (κ3) is 7.02. The van der Waals surface area contributed by atoms with Crippen molar-refractivity contribution in [2.45, 2.75) is 26.8 Å². The van der Waals surface area contributed by atoms with E-state index in [-0.39, 0.29) is 0 Å². The molecule has 0 unspecified atom stereocenters. The first kappa shape index (κ1) is 19.7. The van der Waals surface area contributed by atoms with Crippen molar-refractivity contribution >= 4 is 34.6 Å². The van der Waals surface area contributed by atoms with Crippen LogP contribution in [0.1, 0.15) is 25.8 Å². The smallest absolute Gasteiger partial charge is 0.170 e. The molecule has 1 aromatic carbocycles. The lowest BCUT2D eigenvalue weighted by Gasteiger charge is -2.18. The van der Waals surface area contributed by atoms with E-state index in [2.05, 4.69) is 34.5 Å². The second-order valence-corrected chi connectivity index (χ2v) is 6.66. The first-order chi connectivity index (χ1) is 12.1. The number of rotatable bonds is 9. The van der Waals surface area contributed by atoms with Gasteiger partial charge in [-0.05, 0) is 56.0 Å². The Bertz CT molecular complexity index is 652. The number of benzene rings is 1. The Kier molecular flexibility index (Phi) is 8.18. The summed E-state index contributed by atoms with van der Waals surface area (Å²) in [5.41, 5.74) is 2.03. The number of nitrogens with zero attached hydrogens (tertiary/aromatic N) is 3. The summed E-state index contributed by atoms with van der Waals surface area (Å²) in [5.74, 6) is 0. The Hall–Kier alpha value is -1.63. The minimum atomic E-state index is 0.630. The lowest BCUT2D eigenvalue weighted by Crippen LogP contribution is -2.32. The van der Waals surface area contributed by atoms with Gasteiger partial charge in [-0.3, -0.25) is 4.68 Å². The van der Waals surface area contributed by atoms with Crippen molar-refractivity contribution in [3.63, 3.8) is 0 Å². The van der Waals surface area contributed by atoms with Crippen LogP contribution in [-0.4, -0.2) is 46.0 Å². The van der Waals surface area contributed by atoms with Gasteiger partial charge in [0.2, 0.25) is 0 Å². The normalized spacial score (nSPS) is 10.9. The molecule has 0 aliphatic carbocycles. The minimum absolute atomic E-state index is 0.630. The quantitative estimate of drug-likeness (QED) is 0.514. The Labute approximate surface area is 160 Å². The summed E-state index contributed by atoms with van der Waals surface area (Å²) < 4.78 is 1.87. The number of hydrogen-bond acceptors (Lipinski definition) is 3. The average molecular weight is 380 g/mol. The van der Waals surface area contributed by atoms with Crippen LogP contribution in [0.3, 0.4) is 0 Å². The summed E-state index contributed by atoms with van der Waals surface area (Å²) in [6.07, 6.45) is 4.79. The first-order valence-electron chi connectivity index (χ1n) is 8.64. The molecule has 0 aliphatic rings. The third-order valence-corrected chi connectivity index (χ3v) is 4.48. The molecule has 0 spiro atoms. The number of halogens is 1. The van der Waals surface area contributed by atoms with Crippen LogP contribution in [0.5, 0.6) is 0 Å². The summed E-state index contributed by atoms with van der Waals surface area (Å²) in [7, 11) is 0. The van der Waals surface area contributed by atoms with E-state index in [4.69, 9.17) is 23.8 Å². The molecular formula is C18H26ClN5S. The van der Waals surface area contributed by atoms with E-state index >= 15 is 0 Å². The molecule has 25 heavy (non-hydrogen) atoms. The third-order valence-electron chi connectivity index (χ3n) is 3.98. The lowest BCUT2D eigenvalue weighted by molar-refractivity contribution is 0.300. The maximum Gasteiger partial charge on any atom is 0.170 e. The van der Waals surface area contributed by atoms with Gasteiger partial charge in [-0.1, -0.05) is 37.6 Å². The van der Waals surface area contributed by atoms with Crippen LogP contribution in [0.4, 0.5) is 5.69 Å². The van der Waals surface area contributed by atoms with Gasteiger partial charge in [0.25, 0.3) is 0 Å². The zero-order valence-corrected chi connectivity index (χ0v) is 16.4. The molecule has 0 saturated carbocycles. The molecule has 2 aromatic rings. The second-order valence-electron chi connectivity index (χ2n) is 5.81. The number of hydrogen-bond donors (Lipinski definition) is 2. The van der Waals surface area contributed by atoms with E-state index in [1.54, 1.807) is 6.20 Å². The zero-order valence-electron chi connectivity index (χ0n) is 14.8. The summed E-state index contributed by atoms with van der Waals surface area (Å²) in [5, 5.41) is 12.1. The van der Waals surface area contributed by atoms with Crippen LogP contribution in [0, 0.1) is 0 Å². The van der Waals surface area contributed by atoms with Gasteiger partial charge in [0, 0.05) is 17.8 Å². The van der Waals surface area contributed by atoms with Crippen LogP contribution in [-0.2, 0) is 6.54 Å². The van der Waals surface area contributed by atoms with E-state index in [0.29, 0.717) is 11.7 Å². The van der Waals surface area contributed by atoms with Crippen molar-refractivity contribution in [3.8, 4) is 0 Å². The van der Waals surface area contributed by atoms with Crippen LogP contribution >= 0.6 is 23.8 Å². The fraction of sp³-hybridized carbons (Fsp3) is 0.444. The van der Waals surface area contributed by atoms with Crippen LogP contribution < -0.4 is 10.6 Å². The Morgan fingerprint density at radius 3 is 2.64 bits per heavy atom. The summed E-state index contributed by atoms with van der Waals surface area (Å²) in [6, 6.07) is 7.77. The Morgan fingerprint density at radius 1 is 1.24 bits per heavy atom. The maximum atomic E-state index is 5.91. The van der Waals surface area contributed by atoms with E-state index in [0.717, 1.165) is 48.9 Å². The number of nitrogens with one attached hydrogen (secondary N) is 2. The van der Waals surface area contributed by atoms with Crippen molar-refractivity contribution in [1.82, 2.24) is 20.0 Å². The highest BCUT2D eigenvalue weighted by Gasteiger charge is 2.03. The van der Waals surface area contributed by atoms with Gasteiger partial charge >= 0.3 is 0 Å². The molecule has 0 amide bonds. The molecule has 0 bridgehead atoms. The predicted octanol–water partition coefficient (Wildman–Crippen LogP) is 3.60. The SMILES string of the molecule is CCN(CC)CCCNC(=S)Nc1cnn(Cc2ccc(Cl)cc2)c1. The molecule has 2 rings (SSSR count). The molecule has 7 heteroatoms. The van der Waals surface area contributed by atoms with Gasteiger partial charge in [-0.2, -0.15) is 5.10 Å². The average Bonchev–Trinajstić information content (AvgIpc) is 3.04. The van der Waals surface area contributed by atoms with Crippen LogP contribution in [0.15, 0.2) is 36.7 Å². The number of anilines is 1. The first-order valence-corrected chi connectivity index (χ1v) is 9.43. The van der Waals surface area contributed by atoms with E-state index < -0.39 is 0 Å². The summed E-state index contributed by atoms with van der Waals surface area (Å²) in [4.78, 5) is 2.40. The fourth-order valence-electron chi connectivity index (χ4n) is 2.51. The van der Waals surface area contributed by atoms with E-state index in [9.17, 15) is 0 Å². The van der Waals surface area contributed by atoms with Crippen molar-refractivity contribution in [1.29, 1.82) is 0 Å². The largest absolute Gasteiger partial charge is 0.362 e. The van der Waals surface area contributed by atoms with Gasteiger partial charge in [0.05, 0.1) is 18.4 Å². The minimum Gasteiger partial charge on any atom is -0.362 e. The zero-order chi connectivity index (χ0) is 18.1.